The quantitative estimate of drug-likeness (QED) is 0.629. The molecule has 1 aromatic carbocycles. The lowest BCUT2D eigenvalue weighted by atomic mass is 10.1. The van der Waals surface area contributed by atoms with Gasteiger partial charge < -0.3 is 9.84 Å². The zero-order valence-electron chi connectivity index (χ0n) is 9.54. The summed E-state index contributed by atoms with van der Waals surface area (Å²) >= 11 is 0. The molecule has 0 aromatic heterocycles. The van der Waals surface area contributed by atoms with Crippen LogP contribution in [0.2, 0.25) is 0 Å². The summed E-state index contributed by atoms with van der Waals surface area (Å²) in [6, 6.07) is 3.73. The van der Waals surface area contributed by atoms with Gasteiger partial charge in [0.1, 0.15) is 11.3 Å². The Kier molecular flexibility index (Phi) is 4.03. The molecule has 1 N–H and O–H groups in total. The lowest BCUT2D eigenvalue weighted by Crippen LogP contribution is -2.10. The molecule has 6 nitrogen and oxygen atoms in total. The van der Waals surface area contributed by atoms with Crippen LogP contribution in [-0.2, 0) is 0 Å². The van der Waals surface area contributed by atoms with Crippen molar-refractivity contribution in [1.82, 2.24) is 0 Å². The first-order valence-corrected chi connectivity index (χ1v) is 5.14. The van der Waals surface area contributed by atoms with E-state index in [-0.39, 0.29) is 11.7 Å². The van der Waals surface area contributed by atoms with Crippen molar-refractivity contribution < 1.29 is 19.6 Å². The fourth-order valence-corrected chi connectivity index (χ4v) is 1.23. The second-order valence-corrected chi connectivity index (χ2v) is 3.58. The van der Waals surface area contributed by atoms with Gasteiger partial charge in [-0.2, -0.15) is 0 Å². The van der Waals surface area contributed by atoms with Crippen molar-refractivity contribution in [3.8, 4) is 5.75 Å². The highest BCUT2D eigenvalue weighted by Crippen LogP contribution is 2.25. The van der Waals surface area contributed by atoms with Gasteiger partial charge in [-0.3, -0.25) is 10.1 Å². The maximum Gasteiger partial charge on any atom is 0.342 e. The zero-order valence-corrected chi connectivity index (χ0v) is 9.54. The molecule has 92 valence electrons. The number of nitrogens with zero attached hydrogens (tertiary/aromatic N) is 1. The minimum absolute atomic E-state index is 0.0784. The molecule has 0 fully saturated rings. The molecule has 0 aliphatic carbocycles. The third kappa shape index (κ3) is 3.17. The molecule has 0 aliphatic heterocycles. The minimum atomic E-state index is -1.33. The summed E-state index contributed by atoms with van der Waals surface area (Å²) in [4.78, 5) is 20.8. The SMILES string of the molecule is CCC(C)Oc1ccc(C(=O)O)c([N+](=O)[O-])c1. The fourth-order valence-electron chi connectivity index (χ4n) is 1.23. The van der Waals surface area contributed by atoms with Crippen molar-refractivity contribution in [2.75, 3.05) is 0 Å². The van der Waals surface area contributed by atoms with Gasteiger partial charge in [-0.05, 0) is 25.5 Å². The number of rotatable bonds is 5. The van der Waals surface area contributed by atoms with Gasteiger partial charge in [0.05, 0.1) is 17.1 Å². The molecule has 1 unspecified atom stereocenters. The topological polar surface area (TPSA) is 89.7 Å². The number of benzene rings is 1. The van der Waals surface area contributed by atoms with Crippen LogP contribution in [0.25, 0.3) is 0 Å². The number of nitro groups is 1. The average molecular weight is 239 g/mol. The number of nitro benzene ring substituents is 1. The van der Waals surface area contributed by atoms with Gasteiger partial charge in [0.15, 0.2) is 0 Å². The Labute approximate surface area is 98.0 Å². The maximum atomic E-state index is 10.8. The second-order valence-electron chi connectivity index (χ2n) is 3.58. The standard InChI is InChI=1S/C11H13NO5/c1-3-7(2)17-8-4-5-9(11(13)14)10(6-8)12(15)16/h4-7H,3H2,1-2H3,(H,13,14). The highest BCUT2D eigenvalue weighted by atomic mass is 16.6. The number of hydrogen-bond donors (Lipinski definition) is 1. The van der Waals surface area contributed by atoms with Crippen LogP contribution in [0, 0.1) is 10.1 Å². The van der Waals surface area contributed by atoms with E-state index in [9.17, 15) is 14.9 Å². The lowest BCUT2D eigenvalue weighted by Gasteiger charge is -2.12. The number of hydrogen-bond acceptors (Lipinski definition) is 4. The Morgan fingerprint density at radius 3 is 2.71 bits per heavy atom. The first-order chi connectivity index (χ1) is 7.95. The molecular formula is C11H13NO5. The summed E-state index contributed by atoms with van der Waals surface area (Å²) in [5, 5.41) is 19.5. The normalized spacial score (nSPS) is 11.9. The molecule has 1 rings (SSSR count). The van der Waals surface area contributed by atoms with Crippen molar-refractivity contribution in [2.24, 2.45) is 0 Å². The number of carbonyl (C=O) groups is 1. The van der Waals surface area contributed by atoms with Crippen molar-refractivity contribution in [1.29, 1.82) is 0 Å². The summed E-state index contributed by atoms with van der Waals surface area (Å²) in [6.07, 6.45) is 0.680. The van der Waals surface area contributed by atoms with Crippen LogP contribution in [0.4, 0.5) is 5.69 Å². The molecular weight excluding hydrogens is 226 g/mol. The zero-order chi connectivity index (χ0) is 13.0. The first-order valence-electron chi connectivity index (χ1n) is 5.14. The molecule has 0 saturated carbocycles. The van der Waals surface area contributed by atoms with Gasteiger partial charge in [-0.25, -0.2) is 4.79 Å². The fraction of sp³-hybridized carbons (Fsp3) is 0.364. The van der Waals surface area contributed by atoms with Crippen LogP contribution in [0.1, 0.15) is 30.6 Å². The Bertz CT molecular complexity index is 443. The minimum Gasteiger partial charge on any atom is -0.490 e. The maximum absolute atomic E-state index is 10.8. The lowest BCUT2D eigenvalue weighted by molar-refractivity contribution is -0.385. The summed E-state index contributed by atoms with van der Waals surface area (Å²) in [5.74, 6) is -1.03. The Balaban J connectivity index is 3.10. The Morgan fingerprint density at radius 1 is 1.59 bits per heavy atom. The molecule has 0 bridgehead atoms. The highest BCUT2D eigenvalue weighted by Gasteiger charge is 2.20. The predicted molar refractivity (Wildman–Crippen MR) is 60.4 cm³/mol. The van der Waals surface area contributed by atoms with E-state index in [1.165, 1.54) is 12.1 Å². The molecule has 0 radical (unpaired) electrons. The van der Waals surface area contributed by atoms with Crippen molar-refractivity contribution in [3.05, 3.63) is 33.9 Å². The summed E-state index contributed by atoms with van der Waals surface area (Å²) in [5.41, 5.74) is -0.801. The monoisotopic (exact) mass is 239 g/mol. The van der Waals surface area contributed by atoms with E-state index >= 15 is 0 Å². The van der Waals surface area contributed by atoms with Crippen LogP contribution < -0.4 is 4.74 Å². The van der Waals surface area contributed by atoms with Gasteiger partial charge in [-0.1, -0.05) is 6.92 Å². The van der Waals surface area contributed by atoms with E-state index in [0.29, 0.717) is 5.75 Å². The molecule has 6 heteroatoms. The van der Waals surface area contributed by atoms with Crippen LogP contribution >= 0.6 is 0 Å². The number of aromatic carboxylic acids is 1. The molecule has 1 atom stereocenters. The molecule has 0 aliphatic rings. The van der Waals surface area contributed by atoms with Crippen molar-refractivity contribution in [3.63, 3.8) is 0 Å². The van der Waals surface area contributed by atoms with Crippen LogP contribution in [0.15, 0.2) is 18.2 Å². The second kappa shape index (κ2) is 5.29. The molecule has 1 aromatic rings. The van der Waals surface area contributed by atoms with Gasteiger partial charge in [0.25, 0.3) is 5.69 Å². The van der Waals surface area contributed by atoms with Crippen LogP contribution in [-0.4, -0.2) is 22.1 Å². The predicted octanol–water partition coefficient (Wildman–Crippen LogP) is 2.47. The molecule has 0 amide bonds. The van der Waals surface area contributed by atoms with Gasteiger partial charge in [0.2, 0.25) is 0 Å². The Morgan fingerprint density at radius 2 is 2.24 bits per heavy atom. The van der Waals surface area contributed by atoms with Crippen molar-refractivity contribution >= 4 is 11.7 Å². The van der Waals surface area contributed by atoms with E-state index in [2.05, 4.69) is 0 Å². The first kappa shape index (κ1) is 13.0. The summed E-state index contributed by atoms with van der Waals surface area (Å²) < 4.78 is 5.39. The van der Waals surface area contributed by atoms with E-state index < -0.39 is 16.6 Å². The molecule has 0 spiro atoms. The third-order valence-electron chi connectivity index (χ3n) is 2.31. The van der Waals surface area contributed by atoms with Gasteiger partial charge in [-0.15, -0.1) is 0 Å². The number of ether oxygens (including phenoxy) is 1. The molecule has 0 heterocycles. The Hall–Kier alpha value is -2.11. The van der Waals surface area contributed by atoms with Crippen molar-refractivity contribution in [2.45, 2.75) is 26.4 Å². The van der Waals surface area contributed by atoms with E-state index in [4.69, 9.17) is 9.84 Å². The van der Waals surface area contributed by atoms with Crippen LogP contribution in [0.5, 0.6) is 5.75 Å². The number of carboxylic acid groups (broad SMARTS) is 1. The number of carboxylic acids is 1. The summed E-state index contributed by atoms with van der Waals surface area (Å²) in [7, 11) is 0. The highest BCUT2D eigenvalue weighted by molar-refractivity contribution is 5.92. The van der Waals surface area contributed by atoms with Gasteiger partial charge >= 0.3 is 5.97 Å². The van der Waals surface area contributed by atoms with Gasteiger partial charge in [0, 0.05) is 0 Å². The molecule has 0 saturated heterocycles. The molecule has 17 heavy (non-hydrogen) atoms. The third-order valence-corrected chi connectivity index (χ3v) is 2.31. The smallest absolute Gasteiger partial charge is 0.342 e. The summed E-state index contributed by atoms with van der Waals surface area (Å²) in [6.45, 7) is 3.75. The largest absolute Gasteiger partial charge is 0.490 e. The van der Waals surface area contributed by atoms with E-state index in [1.54, 1.807) is 0 Å². The van der Waals surface area contributed by atoms with E-state index in [1.807, 2.05) is 13.8 Å². The van der Waals surface area contributed by atoms with E-state index in [0.717, 1.165) is 12.5 Å². The van der Waals surface area contributed by atoms with Crippen LogP contribution in [0.3, 0.4) is 0 Å². The average Bonchev–Trinajstić information content (AvgIpc) is 2.28.